The Kier molecular flexibility index (Phi) is 9.96. The van der Waals surface area contributed by atoms with E-state index in [2.05, 4.69) is 17.1 Å². The lowest BCUT2D eigenvalue weighted by molar-refractivity contribution is -0.136. The minimum atomic E-state index is -1.23. The van der Waals surface area contributed by atoms with Gasteiger partial charge in [-0.25, -0.2) is 9.78 Å². The number of benzene rings is 2. The van der Waals surface area contributed by atoms with Crippen molar-refractivity contribution >= 4 is 23.8 Å². The molecule has 0 spiro atoms. The molecule has 2 aromatic carbocycles. The molecular weight excluding hydrogens is 474 g/mol. The SMILES string of the molecule is COc1ccc(/C=C/CCCCOc2ccc(C(=O)c3cccc(C(=O)O)n3)cc2CCC(=O)O)cc1. The molecule has 0 fully saturated rings. The number of hydrogen-bond acceptors (Lipinski definition) is 6. The highest BCUT2D eigenvalue weighted by Gasteiger charge is 2.16. The third-order valence-corrected chi connectivity index (χ3v) is 5.58. The van der Waals surface area contributed by atoms with Gasteiger partial charge in [0, 0.05) is 12.0 Å². The van der Waals surface area contributed by atoms with E-state index in [1.807, 2.05) is 24.3 Å². The summed E-state index contributed by atoms with van der Waals surface area (Å²) < 4.78 is 11.1. The first-order chi connectivity index (χ1) is 17.9. The van der Waals surface area contributed by atoms with Gasteiger partial charge < -0.3 is 19.7 Å². The molecule has 1 heterocycles. The number of carbonyl (C=O) groups is 3. The summed E-state index contributed by atoms with van der Waals surface area (Å²) in [6, 6.07) is 16.8. The molecule has 0 radical (unpaired) electrons. The lowest BCUT2D eigenvalue weighted by atomic mass is 10.0. The van der Waals surface area contributed by atoms with E-state index in [4.69, 9.17) is 19.7 Å². The molecule has 8 nitrogen and oxygen atoms in total. The van der Waals surface area contributed by atoms with Crippen LogP contribution >= 0.6 is 0 Å². The predicted octanol–water partition coefficient (Wildman–Crippen LogP) is 5.30. The lowest BCUT2D eigenvalue weighted by Gasteiger charge is -2.13. The summed E-state index contributed by atoms with van der Waals surface area (Å²) in [5, 5.41) is 18.3. The molecule has 2 N–H and O–H groups in total. The summed E-state index contributed by atoms with van der Waals surface area (Å²) in [5.41, 5.74) is 1.75. The summed E-state index contributed by atoms with van der Waals surface area (Å²) >= 11 is 0. The molecule has 0 amide bonds. The summed E-state index contributed by atoms with van der Waals surface area (Å²) in [4.78, 5) is 39.1. The zero-order valence-electron chi connectivity index (χ0n) is 20.6. The van der Waals surface area contributed by atoms with Crippen LogP contribution in [0, 0.1) is 0 Å². The summed E-state index contributed by atoms with van der Waals surface area (Å²) in [7, 11) is 1.64. The molecule has 0 aliphatic heterocycles. The van der Waals surface area contributed by atoms with Gasteiger partial charge in [-0.15, -0.1) is 0 Å². The smallest absolute Gasteiger partial charge is 0.354 e. The average Bonchev–Trinajstić information content (AvgIpc) is 2.91. The number of aromatic nitrogens is 1. The molecule has 0 aliphatic carbocycles. The summed E-state index contributed by atoms with van der Waals surface area (Å²) in [6.07, 6.45) is 6.85. The molecule has 8 heteroatoms. The third-order valence-electron chi connectivity index (χ3n) is 5.58. The van der Waals surface area contributed by atoms with Gasteiger partial charge >= 0.3 is 11.9 Å². The highest BCUT2D eigenvalue weighted by atomic mass is 16.5. The first-order valence-electron chi connectivity index (χ1n) is 11.9. The van der Waals surface area contributed by atoms with E-state index in [9.17, 15) is 14.4 Å². The number of rotatable bonds is 14. The fourth-order valence-corrected chi connectivity index (χ4v) is 3.61. The Morgan fingerprint density at radius 2 is 1.70 bits per heavy atom. The normalized spacial score (nSPS) is 10.8. The van der Waals surface area contributed by atoms with Crippen LogP contribution in [0.15, 0.2) is 66.7 Å². The standard InChI is InChI=1S/C29H29NO7/c1-36-23-14-10-20(11-15-23)7-4-2-3-5-18-37-26-16-12-22(19-21(26)13-17-27(31)32)28(33)24-8-6-9-25(30-24)29(34)35/h4,6-12,14-16,19H,2-3,5,13,17-18H2,1H3,(H,31,32)(H,34,35)/b7-4+. The monoisotopic (exact) mass is 503 g/mol. The van der Waals surface area contributed by atoms with Crippen LogP contribution in [0.1, 0.15) is 63.4 Å². The zero-order valence-corrected chi connectivity index (χ0v) is 20.6. The Hall–Kier alpha value is -4.46. The Morgan fingerprint density at radius 1 is 0.946 bits per heavy atom. The van der Waals surface area contributed by atoms with Gasteiger partial charge in [-0.3, -0.25) is 9.59 Å². The molecule has 0 atom stereocenters. The number of carboxylic acids is 2. The van der Waals surface area contributed by atoms with Crippen molar-refractivity contribution in [1.29, 1.82) is 0 Å². The van der Waals surface area contributed by atoms with E-state index >= 15 is 0 Å². The minimum Gasteiger partial charge on any atom is -0.497 e. The molecule has 3 rings (SSSR count). The number of unbranched alkanes of at least 4 members (excludes halogenated alkanes) is 2. The van der Waals surface area contributed by atoms with Crippen molar-refractivity contribution in [2.75, 3.05) is 13.7 Å². The zero-order chi connectivity index (χ0) is 26.6. The number of nitrogens with zero attached hydrogens (tertiary/aromatic N) is 1. The highest BCUT2D eigenvalue weighted by Crippen LogP contribution is 2.24. The number of carboxylic acid groups (broad SMARTS) is 2. The molecule has 0 bridgehead atoms. The Morgan fingerprint density at radius 3 is 2.41 bits per heavy atom. The molecule has 1 aromatic heterocycles. The minimum absolute atomic E-state index is 0.000415. The summed E-state index contributed by atoms with van der Waals surface area (Å²) in [6.45, 7) is 0.450. The molecule has 0 unspecified atom stereocenters. The van der Waals surface area contributed by atoms with Crippen LogP contribution in [0.4, 0.5) is 0 Å². The van der Waals surface area contributed by atoms with Gasteiger partial charge in [0.05, 0.1) is 13.7 Å². The van der Waals surface area contributed by atoms with Crippen LogP contribution in [0.2, 0.25) is 0 Å². The van der Waals surface area contributed by atoms with Crippen LogP contribution < -0.4 is 9.47 Å². The lowest BCUT2D eigenvalue weighted by Crippen LogP contribution is -2.10. The topological polar surface area (TPSA) is 123 Å². The van der Waals surface area contributed by atoms with E-state index in [0.29, 0.717) is 17.9 Å². The maximum absolute atomic E-state index is 12.9. The highest BCUT2D eigenvalue weighted by molar-refractivity contribution is 6.08. The Bertz CT molecular complexity index is 1270. The van der Waals surface area contributed by atoms with E-state index in [-0.39, 0.29) is 29.8 Å². The average molecular weight is 504 g/mol. The number of ketones is 1. The van der Waals surface area contributed by atoms with Crippen LogP contribution in [0.3, 0.4) is 0 Å². The quantitative estimate of drug-likeness (QED) is 0.224. The second kappa shape index (κ2) is 13.6. The number of ether oxygens (including phenoxy) is 2. The number of methoxy groups -OCH3 is 1. The largest absolute Gasteiger partial charge is 0.497 e. The van der Waals surface area contributed by atoms with Gasteiger partial charge in [0.2, 0.25) is 5.78 Å². The predicted molar refractivity (Wildman–Crippen MR) is 138 cm³/mol. The molecule has 37 heavy (non-hydrogen) atoms. The second-order valence-electron chi connectivity index (χ2n) is 8.28. The molecule has 192 valence electrons. The van der Waals surface area contributed by atoms with Gasteiger partial charge in [-0.1, -0.05) is 30.4 Å². The van der Waals surface area contributed by atoms with Gasteiger partial charge in [0.25, 0.3) is 0 Å². The first-order valence-corrected chi connectivity index (χ1v) is 11.9. The van der Waals surface area contributed by atoms with Crippen molar-refractivity contribution in [3.8, 4) is 11.5 Å². The number of aliphatic carboxylic acids is 1. The van der Waals surface area contributed by atoms with Crippen molar-refractivity contribution in [1.82, 2.24) is 4.98 Å². The van der Waals surface area contributed by atoms with Crippen LogP contribution in [0.25, 0.3) is 6.08 Å². The van der Waals surface area contributed by atoms with Gasteiger partial charge in [-0.2, -0.15) is 0 Å². The number of aromatic carboxylic acids is 1. The van der Waals surface area contributed by atoms with Crippen LogP contribution in [0.5, 0.6) is 11.5 Å². The van der Waals surface area contributed by atoms with E-state index in [1.54, 1.807) is 25.3 Å². The molecule has 0 saturated carbocycles. The fourth-order valence-electron chi connectivity index (χ4n) is 3.61. The molecule has 0 aliphatic rings. The van der Waals surface area contributed by atoms with E-state index in [0.717, 1.165) is 30.6 Å². The van der Waals surface area contributed by atoms with Crippen molar-refractivity contribution in [2.24, 2.45) is 0 Å². The van der Waals surface area contributed by atoms with Crippen LogP contribution in [-0.4, -0.2) is 46.6 Å². The number of aryl methyl sites for hydroxylation is 1. The van der Waals surface area contributed by atoms with E-state index in [1.165, 1.54) is 18.2 Å². The first kappa shape index (κ1) is 27.1. The van der Waals surface area contributed by atoms with Crippen molar-refractivity contribution in [3.63, 3.8) is 0 Å². The number of allylic oxidation sites excluding steroid dienone is 1. The maximum atomic E-state index is 12.9. The molecular formula is C29H29NO7. The number of carbonyl (C=O) groups excluding carboxylic acids is 1. The second-order valence-corrected chi connectivity index (χ2v) is 8.28. The molecule has 3 aromatic rings. The Balaban J connectivity index is 1.59. The maximum Gasteiger partial charge on any atom is 0.354 e. The molecule has 0 saturated heterocycles. The van der Waals surface area contributed by atoms with Gasteiger partial charge in [-0.05, 0) is 79.3 Å². The number of pyridine rings is 1. The Labute approximate surface area is 215 Å². The van der Waals surface area contributed by atoms with E-state index < -0.39 is 17.7 Å². The third kappa shape index (κ3) is 8.31. The van der Waals surface area contributed by atoms with Crippen molar-refractivity contribution < 1.29 is 34.1 Å². The van der Waals surface area contributed by atoms with Crippen LogP contribution in [-0.2, 0) is 11.2 Å². The number of hydrogen-bond donors (Lipinski definition) is 2. The summed E-state index contributed by atoms with van der Waals surface area (Å²) in [5.74, 6) is -1.29. The van der Waals surface area contributed by atoms with Crippen molar-refractivity contribution in [3.05, 3.63) is 94.8 Å². The fraction of sp³-hybridized carbons (Fsp3) is 0.241. The van der Waals surface area contributed by atoms with Crippen molar-refractivity contribution in [2.45, 2.75) is 32.1 Å². The van der Waals surface area contributed by atoms with Gasteiger partial charge in [0.1, 0.15) is 22.9 Å². The van der Waals surface area contributed by atoms with Gasteiger partial charge in [0.15, 0.2) is 0 Å².